The Balaban J connectivity index is 1.41. The average Bonchev–Trinajstić information content (AvgIpc) is 2.74. The van der Waals surface area contributed by atoms with Crippen LogP contribution in [-0.2, 0) is 4.79 Å². The molecular weight excluding hydrogens is 435 g/mol. The highest BCUT2D eigenvalue weighted by Crippen LogP contribution is 2.27. The van der Waals surface area contributed by atoms with E-state index in [0.717, 1.165) is 12.1 Å². The predicted octanol–water partition coefficient (Wildman–Crippen LogP) is 5.55. The van der Waals surface area contributed by atoms with Crippen molar-refractivity contribution in [1.82, 2.24) is 4.90 Å². The first-order chi connectivity index (χ1) is 14.3. The van der Waals surface area contributed by atoms with Crippen LogP contribution in [0.15, 0.2) is 36.4 Å². The number of benzene rings is 2. The molecule has 2 aromatic carbocycles. The van der Waals surface area contributed by atoms with Crippen molar-refractivity contribution in [2.75, 3.05) is 19.7 Å². The van der Waals surface area contributed by atoms with E-state index in [1.807, 2.05) is 0 Å². The number of Topliss-reactive ketones (excluding diaryl/α,β-unsaturated/α-hetero) is 1. The first-order valence-corrected chi connectivity index (χ1v) is 10.5. The maximum absolute atomic E-state index is 13.5. The van der Waals surface area contributed by atoms with E-state index in [4.69, 9.17) is 27.9 Å². The van der Waals surface area contributed by atoms with E-state index in [9.17, 15) is 18.4 Å². The van der Waals surface area contributed by atoms with E-state index in [2.05, 4.69) is 0 Å². The molecule has 1 fully saturated rings. The molecule has 0 spiro atoms. The van der Waals surface area contributed by atoms with Crippen LogP contribution in [0.4, 0.5) is 8.78 Å². The third-order valence-electron chi connectivity index (χ3n) is 5.11. The molecule has 0 bridgehead atoms. The summed E-state index contributed by atoms with van der Waals surface area (Å²) >= 11 is 11.9. The topological polar surface area (TPSA) is 46.6 Å². The standard InChI is InChI=1S/C22H21Cl2F2NO3/c23-17-5-3-15(12-18(17)24)22(29)14-7-9-27(10-8-14)21(28)2-1-11-30-20-6-4-16(25)13-19(20)26/h3-6,12-14H,1-2,7-11H2. The van der Waals surface area contributed by atoms with Crippen LogP contribution >= 0.6 is 23.2 Å². The van der Waals surface area contributed by atoms with Crippen LogP contribution in [0.25, 0.3) is 0 Å². The van der Waals surface area contributed by atoms with Gasteiger partial charge in [-0.2, -0.15) is 0 Å². The fourth-order valence-electron chi connectivity index (χ4n) is 3.43. The maximum Gasteiger partial charge on any atom is 0.222 e. The lowest BCUT2D eigenvalue weighted by Gasteiger charge is -2.31. The number of hydrogen-bond acceptors (Lipinski definition) is 3. The van der Waals surface area contributed by atoms with E-state index >= 15 is 0 Å². The summed E-state index contributed by atoms with van der Waals surface area (Å²) in [5, 5.41) is 0.748. The molecule has 0 saturated carbocycles. The molecule has 1 aliphatic rings. The molecule has 0 atom stereocenters. The molecule has 2 aromatic rings. The lowest BCUT2D eigenvalue weighted by atomic mass is 9.89. The summed E-state index contributed by atoms with van der Waals surface area (Å²) in [5.41, 5.74) is 0.527. The molecule has 0 N–H and O–H groups in total. The number of ketones is 1. The van der Waals surface area contributed by atoms with Crippen molar-refractivity contribution in [2.45, 2.75) is 25.7 Å². The van der Waals surface area contributed by atoms with E-state index in [1.165, 1.54) is 6.07 Å². The molecule has 1 amide bonds. The van der Waals surface area contributed by atoms with Gasteiger partial charge in [0.2, 0.25) is 5.91 Å². The zero-order valence-corrected chi connectivity index (χ0v) is 17.7. The lowest BCUT2D eigenvalue weighted by Crippen LogP contribution is -2.40. The fourth-order valence-corrected chi connectivity index (χ4v) is 3.73. The molecule has 0 aromatic heterocycles. The minimum absolute atomic E-state index is 0.00962. The first-order valence-electron chi connectivity index (χ1n) is 9.70. The Hall–Kier alpha value is -2.18. The van der Waals surface area contributed by atoms with E-state index in [1.54, 1.807) is 23.1 Å². The minimum Gasteiger partial charge on any atom is -0.491 e. The lowest BCUT2D eigenvalue weighted by molar-refractivity contribution is -0.132. The number of likely N-dealkylation sites (tertiary alicyclic amines) is 1. The Morgan fingerprint density at radius 2 is 1.77 bits per heavy atom. The zero-order chi connectivity index (χ0) is 21.7. The second-order valence-electron chi connectivity index (χ2n) is 7.17. The molecular formula is C22H21Cl2F2NO3. The number of rotatable bonds is 7. The summed E-state index contributed by atoms with van der Waals surface area (Å²) in [7, 11) is 0. The highest BCUT2D eigenvalue weighted by molar-refractivity contribution is 6.42. The molecule has 0 aliphatic carbocycles. The number of hydrogen-bond donors (Lipinski definition) is 0. The molecule has 0 unspecified atom stereocenters. The van der Waals surface area contributed by atoms with Crippen LogP contribution in [0.1, 0.15) is 36.0 Å². The van der Waals surface area contributed by atoms with Gasteiger partial charge in [0.05, 0.1) is 16.7 Å². The SMILES string of the molecule is O=C(c1ccc(Cl)c(Cl)c1)C1CCN(C(=O)CCCOc2ccc(F)cc2F)CC1. The zero-order valence-electron chi connectivity index (χ0n) is 16.2. The normalized spacial score (nSPS) is 14.6. The van der Waals surface area contributed by atoms with Crippen molar-refractivity contribution in [3.8, 4) is 5.75 Å². The van der Waals surface area contributed by atoms with Crippen LogP contribution < -0.4 is 4.74 Å². The summed E-state index contributed by atoms with van der Waals surface area (Å²) in [4.78, 5) is 26.8. The van der Waals surface area contributed by atoms with Gasteiger partial charge in [-0.3, -0.25) is 9.59 Å². The Morgan fingerprint density at radius 3 is 2.43 bits per heavy atom. The van der Waals surface area contributed by atoms with Gasteiger partial charge in [0.15, 0.2) is 17.3 Å². The number of ether oxygens (including phenoxy) is 1. The van der Waals surface area contributed by atoms with Crippen molar-refractivity contribution in [3.63, 3.8) is 0 Å². The largest absolute Gasteiger partial charge is 0.491 e. The van der Waals surface area contributed by atoms with Gasteiger partial charge in [0.1, 0.15) is 5.82 Å². The number of halogens is 4. The monoisotopic (exact) mass is 455 g/mol. The van der Waals surface area contributed by atoms with Gasteiger partial charge >= 0.3 is 0 Å². The van der Waals surface area contributed by atoms with Crippen molar-refractivity contribution in [2.24, 2.45) is 5.92 Å². The Kier molecular flexibility index (Phi) is 7.67. The Morgan fingerprint density at radius 1 is 1.03 bits per heavy atom. The molecule has 30 heavy (non-hydrogen) atoms. The van der Waals surface area contributed by atoms with Crippen molar-refractivity contribution in [1.29, 1.82) is 0 Å². The van der Waals surface area contributed by atoms with Gasteiger partial charge in [-0.25, -0.2) is 8.78 Å². The summed E-state index contributed by atoms with van der Waals surface area (Å²) in [6.45, 7) is 1.16. The Bertz CT molecular complexity index is 931. The minimum atomic E-state index is -0.768. The van der Waals surface area contributed by atoms with Crippen molar-refractivity contribution < 1.29 is 23.1 Å². The quantitative estimate of drug-likeness (QED) is 0.405. The van der Waals surface area contributed by atoms with Gasteiger partial charge in [0, 0.05) is 37.1 Å². The number of nitrogens with zero attached hydrogens (tertiary/aromatic N) is 1. The third kappa shape index (κ3) is 5.70. The molecule has 8 heteroatoms. The van der Waals surface area contributed by atoms with Gasteiger partial charge in [0.25, 0.3) is 0 Å². The average molecular weight is 456 g/mol. The van der Waals surface area contributed by atoms with Gasteiger partial charge in [-0.15, -0.1) is 0 Å². The van der Waals surface area contributed by atoms with E-state index in [-0.39, 0.29) is 36.4 Å². The summed E-state index contributed by atoms with van der Waals surface area (Å²) in [6, 6.07) is 7.94. The fraction of sp³-hybridized carbons (Fsp3) is 0.364. The second-order valence-corrected chi connectivity index (χ2v) is 7.99. The molecule has 1 heterocycles. The van der Waals surface area contributed by atoms with Gasteiger partial charge in [-0.05, 0) is 49.6 Å². The van der Waals surface area contributed by atoms with Crippen molar-refractivity contribution in [3.05, 3.63) is 63.6 Å². The first kappa shape index (κ1) is 22.5. The summed E-state index contributed by atoms with van der Waals surface area (Å²) < 4.78 is 31.7. The number of carbonyl (C=O) groups excluding carboxylic acids is 2. The smallest absolute Gasteiger partial charge is 0.222 e. The molecule has 1 saturated heterocycles. The molecule has 160 valence electrons. The second kappa shape index (κ2) is 10.2. The van der Waals surface area contributed by atoms with Gasteiger partial charge in [-0.1, -0.05) is 23.2 Å². The number of piperidine rings is 1. The Labute approximate surface area is 183 Å². The number of amides is 1. The predicted molar refractivity (Wildman–Crippen MR) is 111 cm³/mol. The van der Waals surface area contributed by atoms with E-state index in [0.29, 0.717) is 48.0 Å². The third-order valence-corrected chi connectivity index (χ3v) is 5.85. The molecule has 1 aliphatic heterocycles. The highest BCUT2D eigenvalue weighted by atomic mass is 35.5. The van der Waals surface area contributed by atoms with Crippen LogP contribution in [0.2, 0.25) is 10.0 Å². The number of carbonyl (C=O) groups is 2. The van der Waals surface area contributed by atoms with Crippen molar-refractivity contribution >= 4 is 34.9 Å². The molecule has 4 nitrogen and oxygen atoms in total. The maximum atomic E-state index is 13.5. The summed E-state index contributed by atoms with van der Waals surface area (Å²) in [6.07, 6.45) is 1.84. The van der Waals surface area contributed by atoms with Gasteiger partial charge < -0.3 is 9.64 Å². The van der Waals surface area contributed by atoms with Crippen LogP contribution in [-0.4, -0.2) is 36.3 Å². The van der Waals surface area contributed by atoms with E-state index < -0.39 is 11.6 Å². The highest BCUT2D eigenvalue weighted by Gasteiger charge is 2.28. The summed E-state index contributed by atoms with van der Waals surface area (Å²) in [5.74, 6) is -1.65. The molecule has 0 radical (unpaired) electrons. The molecule has 3 rings (SSSR count). The van der Waals surface area contributed by atoms with Crippen LogP contribution in [0.3, 0.4) is 0 Å². The van der Waals surface area contributed by atoms with Crippen LogP contribution in [0, 0.1) is 17.6 Å². The van der Waals surface area contributed by atoms with Crippen LogP contribution in [0.5, 0.6) is 5.75 Å².